The highest BCUT2D eigenvalue weighted by atomic mass is 32.2. The van der Waals surface area contributed by atoms with Crippen LogP contribution in [0, 0.1) is 11.7 Å². The van der Waals surface area contributed by atoms with Gasteiger partial charge in [-0.3, -0.25) is 4.79 Å². The summed E-state index contributed by atoms with van der Waals surface area (Å²) >= 11 is 0. The summed E-state index contributed by atoms with van der Waals surface area (Å²) in [7, 11) is -3.27. The SMILES string of the molecule is O=C(CC1CCCCC1)N(c1ccc(F)cc1)C1C=CS(=O)(=O)C1. The molecule has 1 aromatic carbocycles. The Balaban J connectivity index is 1.82. The number of carbonyl (C=O) groups is 1. The molecule has 1 aliphatic carbocycles. The molecule has 4 nitrogen and oxygen atoms in total. The molecule has 130 valence electrons. The standard InChI is InChI=1S/C18H22FNO3S/c19-15-6-8-16(9-7-15)20(17-10-11-24(22,23)13-17)18(21)12-14-4-2-1-3-5-14/h6-11,14,17H,1-5,12-13H2. The van der Waals surface area contributed by atoms with Gasteiger partial charge in [-0.15, -0.1) is 0 Å². The summed E-state index contributed by atoms with van der Waals surface area (Å²) in [4.78, 5) is 14.4. The molecule has 1 fully saturated rings. The van der Waals surface area contributed by atoms with Gasteiger partial charge in [0.1, 0.15) is 5.82 Å². The van der Waals surface area contributed by atoms with Crippen molar-refractivity contribution in [2.24, 2.45) is 5.92 Å². The topological polar surface area (TPSA) is 54.5 Å². The average molecular weight is 351 g/mol. The highest BCUT2D eigenvalue weighted by Gasteiger charge is 2.32. The molecule has 0 spiro atoms. The zero-order valence-electron chi connectivity index (χ0n) is 13.5. The molecule has 1 amide bonds. The number of hydrogen-bond donors (Lipinski definition) is 0. The minimum atomic E-state index is -3.27. The number of halogens is 1. The van der Waals surface area contributed by atoms with Gasteiger partial charge in [0, 0.05) is 17.5 Å². The first-order valence-electron chi connectivity index (χ1n) is 8.43. The lowest BCUT2D eigenvalue weighted by Gasteiger charge is -2.30. The van der Waals surface area contributed by atoms with Crippen LogP contribution in [-0.2, 0) is 14.6 Å². The Kier molecular flexibility index (Phi) is 5.04. The van der Waals surface area contributed by atoms with E-state index in [1.54, 1.807) is 6.08 Å². The first-order valence-corrected chi connectivity index (χ1v) is 10.1. The molecule has 1 aliphatic heterocycles. The summed E-state index contributed by atoms with van der Waals surface area (Å²) in [5.74, 6) is -0.217. The molecule has 2 aliphatic rings. The van der Waals surface area contributed by atoms with E-state index in [1.165, 1.54) is 41.0 Å². The zero-order valence-corrected chi connectivity index (χ0v) is 14.3. The van der Waals surface area contributed by atoms with Crippen LogP contribution in [0.2, 0.25) is 0 Å². The van der Waals surface area contributed by atoms with Crippen molar-refractivity contribution < 1.29 is 17.6 Å². The van der Waals surface area contributed by atoms with E-state index in [9.17, 15) is 17.6 Å². The molecule has 1 atom stereocenters. The van der Waals surface area contributed by atoms with E-state index in [2.05, 4.69) is 0 Å². The van der Waals surface area contributed by atoms with Crippen LogP contribution < -0.4 is 4.90 Å². The van der Waals surface area contributed by atoms with Crippen molar-refractivity contribution in [2.45, 2.75) is 44.6 Å². The van der Waals surface area contributed by atoms with E-state index >= 15 is 0 Å². The fourth-order valence-corrected chi connectivity index (χ4v) is 4.85. The van der Waals surface area contributed by atoms with Gasteiger partial charge in [0.2, 0.25) is 5.91 Å². The van der Waals surface area contributed by atoms with Gasteiger partial charge >= 0.3 is 0 Å². The van der Waals surface area contributed by atoms with E-state index in [-0.39, 0.29) is 17.5 Å². The number of hydrogen-bond acceptors (Lipinski definition) is 3. The summed E-state index contributed by atoms with van der Waals surface area (Å²) in [5.41, 5.74) is 0.545. The smallest absolute Gasteiger partial charge is 0.227 e. The Morgan fingerprint density at radius 2 is 1.79 bits per heavy atom. The summed E-state index contributed by atoms with van der Waals surface area (Å²) in [6.07, 6.45) is 7.57. The Labute approximate surface area is 142 Å². The third-order valence-electron chi connectivity index (χ3n) is 4.80. The normalized spacial score (nSPS) is 23.3. The lowest BCUT2D eigenvalue weighted by molar-refractivity contribution is -0.120. The number of nitrogens with zero attached hydrogens (tertiary/aromatic N) is 1. The number of rotatable bonds is 4. The average Bonchev–Trinajstić information content (AvgIpc) is 2.90. The predicted molar refractivity (Wildman–Crippen MR) is 91.8 cm³/mol. The summed E-state index contributed by atoms with van der Waals surface area (Å²) in [6.45, 7) is 0. The fraction of sp³-hybridized carbons (Fsp3) is 0.500. The molecule has 3 rings (SSSR count). The number of amides is 1. The van der Waals surface area contributed by atoms with E-state index in [0.29, 0.717) is 18.0 Å². The maximum atomic E-state index is 13.2. The second-order valence-electron chi connectivity index (χ2n) is 6.67. The number of anilines is 1. The molecule has 24 heavy (non-hydrogen) atoms. The van der Waals surface area contributed by atoms with Crippen molar-refractivity contribution in [1.29, 1.82) is 0 Å². The van der Waals surface area contributed by atoms with E-state index < -0.39 is 15.9 Å². The Morgan fingerprint density at radius 1 is 1.12 bits per heavy atom. The van der Waals surface area contributed by atoms with Crippen molar-refractivity contribution in [1.82, 2.24) is 0 Å². The van der Waals surface area contributed by atoms with Crippen LogP contribution in [-0.4, -0.2) is 26.1 Å². The minimum absolute atomic E-state index is 0.0831. The first-order chi connectivity index (χ1) is 11.4. The van der Waals surface area contributed by atoms with Gasteiger partial charge in [-0.2, -0.15) is 0 Å². The Hall–Kier alpha value is -1.69. The molecule has 0 radical (unpaired) electrons. The van der Waals surface area contributed by atoms with Gasteiger partial charge in [0.15, 0.2) is 9.84 Å². The van der Waals surface area contributed by atoms with E-state index in [0.717, 1.165) is 25.7 Å². The summed E-state index contributed by atoms with van der Waals surface area (Å²) in [5, 5.41) is 1.17. The maximum Gasteiger partial charge on any atom is 0.227 e. The van der Waals surface area contributed by atoms with Gasteiger partial charge < -0.3 is 4.90 Å². The third kappa shape index (κ3) is 4.04. The Bertz CT molecular complexity index is 721. The molecule has 6 heteroatoms. The zero-order chi connectivity index (χ0) is 17.2. The third-order valence-corrected chi connectivity index (χ3v) is 6.18. The largest absolute Gasteiger partial charge is 0.304 e. The van der Waals surface area contributed by atoms with Crippen LogP contribution in [0.4, 0.5) is 10.1 Å². The highest BCUT2D eigenvalue weighted by molar-refractivity contribution is 7.94. The van der Waals surface area contributed by atoms with Gasteiger partial charge in [-0.05, 0) is 49.1 Å². The monoisotopic (exact) mass is 351 g/mol. The second kappa shape index (κ2) is 7.05. The molecule has 1 unspecified atom stereocenters. The van der Waals surface area contributed by atoms with Crippen molar-refractivity contribution in [2.75, 3.05) is 10.7 Å². The van der Waals surface area contributed by atoms with Crippen LogP contribution in [0.3, 0.4) is 0 Å². The minimum Gasteiger partial charge on any atom is -0.304 e. The molecule has 1 aromatic rings. The lowest BCUT2D eigenvalue weighted by Crippen LogP contribution is -2.42. The van der Waals surface area contributed by atoms with Gasteiger partial charge in [0.25, 0.3) is 0 Å². The molecule has 0 aromatic heterocycles. The van der Waals surface area contributed by atoms with Gasteiger partial charge in [0.05, 0.1) is 11.8 Å². The van der Waals surface area contributed by atoms with Crippen LogP contribution >= 0.6 is 0 Å². The second-order valence-corrected chi connectivity index (χ2v) is 8.60. The molecule has 0 saturated heterocycles. The summed E-state index contributed by atoms with van der Waals surface area (Å²) in [6, 6.07) is 5.14. The quantitative estimate of drug-likeness (QED) is 0.835. The predicted octanol–water partition coefficient (Wildman–Crippen LogP) is 3.44. The molecule has 0 N–H and O–H groups in total. The molecule has 1 heterocycles. The Morgan fingerprint density at radius 3 is 2.38 bits per heavy atom. The number of carbonyl (C=O) groups excluding carboxylic acids is 1. The summed E-state index contributed by atoms with van der Waals surface area (Å²) < 4.78 is 36.7. The van der Waals surface area contributed by atoms with Crippen molar-refractivity contribution in [3.8, 4) is 0 Å². The van der Waals surface area contributed by atoms with Crippen LogP contribution in [0.1, 0.15) is 38.5 Å². The van der Waals surface area contributed by atoms with Gasteiger partial charge in [-0.1, -0.05) is 19.3 Å². The molecule has 0 bridgehead atoms. The highest BCUT2D eigenvalue weighted by Crippen LogP contribution is 2.30. The van der Waals surface area contributed by atoms with Gasteiger partial charge in [-0.25, -0.2) is 12.8 Å². The van der Waals surface area contributed by atoms with Crippen LogP contribution in [0.25, 0.3) is 0 Å². The fourth-order valence-electron chi connectivity index (χ4n) is 3.58. The van der Waals surface area contributed by atoms with E-state index in [4.69, 9.17) is 0 Å². The van der Waals surface area contributed by atoms with E-state index in [1.807, 2.05) is 0 Å². The van der Waals surface area contributed by atoms with Crippen molar-refractivity contribution in [3.63, 3.8) is 0 Å². The lowest BCUT2D eigenvalue weighted by atomic mass is 9.86. The molecular weight excluding hydrogens is 329 g/mol. The molecular formula is C18H22FNO3S. The number of benzene rings is 1. The van der Waals surface area contributed by atoms with Crippen LogP contribution in [0.5, 0.6) is 0 Å². The maximum absolute atomic E-state index is 13.2. The van der Waals surface area contributed by atoms with Crippen LogP contribution in [0.15, 0.2) is 35.7 Å². The number of sulfone groups is 1. The first kappa shape index (κ1) is 17.1. The van der Waals surface area contributed by atoms with Crippen molar-refractivity contribution >= 4 is 21.4 Å². The van der Waals surface area contributed by atoms with Crippen molar-refractivity contribution in [3.05, 3.63) is 41.6 Å². The molecule has 1 saturated carbocycles.